The number of rotatable bonds is 3. The Morgan fingerprint density at radius 3 is 2.52 bits per heavy atom. The number of allylic oxidation sites excluding steroid dienone is 1. The largest absolute Gasteiger partial charge is 0.451 e. The van der Waals surface area contributed by atoms with Crippen molar-refractivity contribution in [1.82, 2.24) is 5.06 Å². The van der Waals surface area contributed by atoms with Crippen LogP contribution >= 0.6 is 22.6 Å². The highest BCUT2D eigenvalue weighted by atomic mass is 127. The number of hydroxylamine groups is 2. The molecule has 0 aromatic heterocycles. The molecule has 0 unspecified atom stereocenters. The lowest BCUT2D eigenvalue weighted by atomic mass is 9.79. The van der Waals surface area contributed by atoms with E-state index >= 15 is 0 Å². The van der Waals surface area contributed by atoms with Gasteiger partial charge in [0.25, 0.3) is 11.8 Å². The Balaban J connectivity index is 2.03. The molecule has 2 amide bonds. The van der Waals surface area contributed by atoms with E-state index in [0.717, 1.165) is 0 Å². The van der Waals surface area contributed by atoms with E-state index in [0.29, 0.717) is 30.7 Å². The number of imide groups is 1. The predicted octanol–water partition coefficient (Wildman–Crippen LogP) is 2.67. The van der Waals surface area contributed by atoms with E-state index in [-0.39, 0.29) is 18.9 Å². The van der Waals surface area contributed by atoms with Gasteiger partial charge in [0, 0.05) is 12.8 Å². The molecule has 0 N–H and O–H groups in total. The molecule has 0 saturated carbocycles. The molecule has 8 heteroatoms. The minimum absolute atomic E-state index is 0.0687. The van der Waals surface area contributed by atoms with Crippen molar-refractivity contribution < 1.29 is 28.8 Å². The SMILES string of the molecule is C[C@]1(C(=O)ON2C(=O)CCC2=O)CC/C=C/[C@@H](OC(=O)I)CC1. The maximum Gasteiger partial charge on any atom is 0.367 e. The van der Waals surface area contributed by atoms with Crippen LogP contribution < -0.4 is 0 Å². The summed E-state index contributed by atoms with van der Waals surface area (Å²) in [5, 5.41) is 0.574. The lowest BCUT2D eigenvalue weighted by Gasteiger charge is -2.30. The monoisotopic (exact) mass is 435 g/mol. The van der Waals surface area contributed by atoms with Crippen LogP contribution in [0.3, 0.4) is 0 Å². The Labute approximate surface area is 147 Å². The summed E-state index contributed by atoms with van der Waals surface area (Å²) in [4.78, 5) is 51.7. The molecule has 0 radical (unpaired) electrons. The average Bonchev–Trinajstić information content (AvgIpc) is 2.78. The molecule has 0 aromatic carbocycles. The molecule has 2 aliphatic rings. The zero-order valence-corrected chi connectivity index (χ0v) is 14.9. The average molecular weight is 435 g/mol. The molecular formula is C15H18INO6. The van der Waals surface area contributed by atoms with E-state index in [1.807, 2.05) is 12.2 Å². The number of halogens is 1. The van der Waals surface area contributed by atoms with E-state index in [9.17, 15) is 19.2 Å². The van der Waals surface area contributed by atoms with Crippen LogP contribution in [0.15, 0.2) is 12.2 Å². The van der Waals surface area contributed by atoms with Crippen molar-refractivity contribution in [2.45, 2.75) is 51.6 Å². The highest BCUT2D eigenvalue weighted by molar-refractivity contribution is 14.1. The van der Waals surface area contributed by atoms with Crippen molar-refractivity contribution in [3.05, 3.63) is 12.2 Å². The van der Waals surface area contributed by atoms with Crippen molar-refractivity contribution in [3.8, 4) is 0 Å². The highest BCUT2D eigenvalue weighted by Gasteiger charge is 2.41. The quantitative estimate of drug-likeness (QED) is 0.293. The van der Waals surface area contributed by atoms with Crippen molar-refractivity contribution in [1.29, 1.82) is 0 Å². The Bertz CT molecular complexity index is 544. The van der Waals surface area contributed by atoms with E-state index < -0.39 is 27.2 Å². The van der Waals surface area contributed by atoms with E-state index in [4.69, 9.17) is 9.57 Å². The normalized spacial score (nSPS) is 29.7. The van der Waals surface area contributed by atoms with Crippen LogP contribution in [0.4, 0.5) is 4.79 Å². The van der Waals surface area contributed by atoms with E-state index in [2.05, 4.69) is 0 Å². The molecule has 2 rings (SSSR count). The summed E-state index contributed by atoms with van der Waals surface area (Å²) in [7, 11) is 0. The Hall–Kier alpha value is -1.45. The van der Waals surface area contributed by atoms with Crippen LogP contribution in [-0.2, 0) is 24.0 Å². The Morgan fingerprint density at radius 1 is 1.26 bits per heavy atom. The number of hydrogen-bond acceptors (Lipinski definition) is 6. The second-order valence-electron chi connectivity index (χ2n) is 5.92. The van der Waals surface area contributed by atoms with Gasteiger partial charge in [0.1, 0.15) is 6.10 Å². The molecule has 0 aromatic rings. The van der Waals surface area contributed by atoms with Gasteiger partial charge in [0.2, 0.25) is 0 Å². The van der Waals surface area contributed by atoms with Crippen molar-refractivity contribution in [3.63, 3.8) is 0 Å². The third-order valence-electron chi connectivity index (χ3n) is 4.11. The van der Waals surface area contributed by atoms with Crippen molar-refractivity contribution >= 4 is 44.4 Å². The summed E-state index contributed by atoms with van der Waals surface area (Å²) >= 11 is 1.56. The third kappa shape index (κ3) is 4.52. The maximum atomic E-state index is 12.5. The maximum absolute atomic E-state index is 12.5. The third-order valence-corrected chi connectivity index (χ3v) is 4.37. The molecule has 1 saturated heterocycles. The van der Waals surface area contributed by atoms with Gasteiger partial charge in [-0.05, 0) is 38.7 Å². The lowest BCUT2D eigenvalue weighted by Crippen LogP contribution is -2.39. The molecule has 1 aliphatic carbocycles. The van der Waals surface area contributed by atoms with E-state index in [1.165, 1.54) is 0 Å². The van der Waals surface area contributed by atoms with Gasteiger partial charge in [-0.25, -0.2) is 9.59 Å². The first-order chi connectivity index (χ1) is 10.8. The lowest BCUT2D eigenvalue weighted by molar-refractivity contribution is -0.205. The van der Waals surface area contributed by atoms with Gasteiger partial charge in [0.05, 0.1) is 28.0 Å². The van der Waals surface area contributed by atoms with Gasteiger partial charge in [-0.2, -0.15) is 0 Å². The second-order valence-corrected chi connectivity index (χ2v) is 6.80. The standard InChI is InChI=1S/C15H18INO6/c1-15(13(20)23-17-11(18)5-6-12(17)19)8-3-2-4-10(7-9-15)22-14(16)21/h2,4,10H,3,5-9H2,1H3/b4-2+/t10-,15+/m1/s1. The van der Waals surface area contributed by atoms with Crippen molar-refractivity contribution in [2.24, 2.45) is 5.41 Å². The van der Waals surface area contributed by atoms with Crippen LogP contribution in [0.1, 0.15) is 45.4 Å². The molecule has 2 atom stereocenters. The van der Waals surface area contributed by atoms with Crippen LogP contribution in [0, 0.1) is 5.41 Å². The number of hydrogen-bond donors (Lipinski definition) is 0. The summed E-state index contributed by atoms with van der Waals surface area (Å²) in [6.07, 6.45) is 5.47. The van der Waals surface area contributed by atoms with Gasteiger partial charge in [0.15, 0.2) is 0 Å². The van der Waals surface area contributed by atoms with Gasteiger partial charge < -0.3 is 9.57 Å². The Morgan fingerprint density at radius 2 is 1.91 bits per heavy atom. The fourth-order valence-electron chi connectivity index (χ4n) is 2.60. The minimum Gasteiger partial charge on any atom is -0.451 e. The van der Waals surface area contributed by atoms with Gasteiger partial charge in [-0.1, -0.05) is 6.08 Å². The van der Waals surface area contributed by atoms with Crippen LogP contribution in [-0.4, -0.2) is 32.9 Å². The summed E-state index contributed by atoms with van der Waals surface area (Å²) in [6, 6.07) is 0. The number of carbonyl (C=O) groups is 4. The topological polar surface area (TPSA) is 90.0 Å². The fourth-order valence-corrected chi connectivity index (χ4v) is 2.93. The minimum atomic E-state index is -0.843. The number of amides is 2. The summed E-state index contributed by atoms with van der Waals surface area (Å²) in [6.45, 7) is 1.74. The molecule has 1 aliphatic heterocycles. The molecule has 0 spiro atoms. The van der Waals surface area contributed by atoms with Gasteiger partial charge in [-0.15, -0.1) is 5.06 Å². The second kappa shape index (κ2) is 7.41. The first-order valence-electron chi connectivity index (χ1n) is 7.43. The number of nitrogens with zero attached hydrogens (tertiary/aromatic N) is 1. The molecule has 1 fully saturated rings. The van der Waals surface area contributed by atoms with E-state index in [1.54, 1.807) is 29.5 Å². The molecule has 0 bridgehead atoms. The Kier molecular flexibility index (Phi) is 5.77. The summed E-state index contributed by atoms with van der Waals surface area (Å²) in [5.74, 6) is -1.58. The van der Waals surface area contributed by atoms with Gasteiger partial charge >= 0.3 is 9.95 Å². The zero-order valence-electron chi connectivity index (χ0n) is 12.7. The smallest absolute Gasteiger partial charge is 0.367 e. The van der Waals surface area contributed by atoms with Crippen LogP contribution in [0.5, 0.6) is 0 Å². The number of ether oxygens (including phenoxy) is 1. The molecule has 126 valence electrons. The van der Waals surface area contributed by atoms with Crippen molar-refractivity contribution in [2.75, 3.05) is 0 Å². The fraction of sp³-hybridized carbons (Fsp3) is 0.600. The predicted molar refractivity (Wildman–Crippen MR) is 87.2 cm³/mol. The molecule has 7 nitrogen and oxygen atoms in total. The zero-order chi connectivity index (χ0) is 17.0. The summed E-state index contributed by atoms with van der Waals surface area (Å²) < 4.78 is 4.75. The highest BCUT2D eigenvalue weighted by Crippen LogP contribution is 2.35. The van der Waals surface area contributed by atoms with Crippen LogP contribution in [0.2, 0.25) is 0 Å². The first kappa shape index (κ1) is 17.9. The van der Waals surface area contributed by atoms with Gasteiger partial charge in [-0.3, -0.25) is 9.59 Å². The first-order valence-corrected chi connectivity index (χ1v) is 8.51. The van der Waals surface area contributed by atoms with Crippen LogP contribution in [0.25, 0.3) is 0 Å². The number of carbonyl (C=O) groups excluding carboxylic acids is 4. The molecule has 23 heavy (non-hydrogen) atoms. The molecular weight excluding hydrogens is 417 g/mol. The summed E-state index contributed by atoms with van der Waals surface area (Å²) in [5.41, 5.74) is -0.843. The molecule has 1 heterocycles.